The number of hydrogen-bond acceptors (Lipinski definition) is 4. The van der Waals surface area contributed by atoms with E-state index in [4.69, 9.17) is 0 Å². The number of nitrogens with zero attached hydrogens (tertiary/aromatic N) is 2. The summed E-state index contributed by atoms with van der Waals surface area (Å²) in [6.07, 6.45) is 4.97. The largest absolute Gasteiger partial charge is 0.356 e. The van der Waals surface area contributed by atoms with Gasteiger partial charge >= 0.3 is 0 Å². The molecular weight excluding hydrogens is 280 g/mol. The molecule has 120 valence electrons. The summed E-state index contributed by atoms with van der Waals surface area (Å²) < 4.78 is 0. The Morgan fingerprint density at radius 2 is 1.82 bits per heavy atom. The van der Waals surface area contributed by atoms with E-state index in [9.17, 15) is 9.59 Å². The minimum atomic E-state index is -0.171. The number of nitrogens with one attached hydrogen (secondary N) is 2. The van der Waals surface area contributed by atoms with E-state index in [1.807, 2.05) is 26.2 Å². The number of pyridine rings is 1. The zero-order valence-electron chi connectivity index (χ0n) is 13.2. The molecule has 1 aromatic rings. The summed E-state index contributed by atoms with van der Waals surface area (Å²) >= 11 is 0. The Labute approximate surface area is 131 Å². The van der Waals surface area contributed by atoms with Gasteiger partial charge in [0, 0.05) is 25.5 Å². The van der Waals surface area contributed by atoms with Gasteiger partial charge in [0.15, 0.2) is 0 Å². The number of rotatable bonds is 8. The Morgan fingerprint density at radius 3 is 2.45 bits per heavy atom. The van der Waals surface area contributed by atoms with Crippen LogP contribution >= 0.6 is 0 Å². The average Bonchev–Trinajstić information content (AvgIpc) is 3.30. The van der Waals surface area contributed by atoms with Crippen LogP contribution in [0.5, 0.6) is 0 Å². The van der Waals surface area contributed by atoms with Crippen LogP contribution in [0.3, 0.4) is 0 Å². The lowest BCUT2D eigenvalue weighted by Gasteiger charge is -2.09. The third-order valence-electron chi connectivity index (χ3n) is 3.76. The molecule has 0 aliphatic heterocycles. The fourth-order valence-corrected chi connectivity index (χ4v) is 2.33. The van der Waals surface area contributed by atoms with Crippen LogP contribution in [0.2, 0.25) is 0 Å². The Kier molecular flexibility index (Phi) is 5.89. The van der Waals surface area contributed by atoms with E-state index in [2.05, 4.69) is 20.5 Å². The molecule has 2 amide bonds. The van der Waals surface area contributed by atoms with Gasteiger partial charge in [0.2, 0.25) is 11.8 Å². The van der Waals surface area contributed by atoms with Gasteiger partial charge in [-0.05, 0) is 51.2 Å². The first-order chi connectivity index (χ1) is 10.6. The molecule has 0 radical (unpaired) electrons. The number of carbonyl (C=O) groups is 2. The second-order valence-electron chi connectivity index (χ2n) is 5.97. The highest BCUT2D eigenvalue weighted by atomic mass is 16.2. The van der Waals surface area contributed by atoms with E-state index in [-0.39, 0.29) is 23.7 Å². The van der Waals surface area contributed by atoms with Gasteiger partial charge in [-0.1, -0.05) is 0 Å². The maximum atomic E-state index is 12.0. The van der Waals surface area contributed by atoms with Crippen molar-refractivity contribution in [3.63, 3.8) is 0 Å². The lowest BCUT2D eigenvalue weighted by atomic mass is 10.2. The lowest BCUT2D eigenvalue weighted by Crippen LogP contribution is -2.31. The summed E-state index contributed by atoms with van der Waals surface area (Å²) in [5.41, 5.74) is 1.01. The summed E-state index contributed by atoms with van der Waals surface area (Å²) in [5.74, 6) is -0.361. The van der Waals surface area contributed by atoms with Crippen molar-refractivity contribution in [3.05, 3.63) is 30.1 Å². The smallest absolute Gasteiger partial charge is 0.224 e. The average molecular weight is 304 g/mol. The topological polar surface area (TPSA) is 74.3 Å². The molecule has 2 rings (SSSR count). The van der Waals surface area contributed by atoms with Crippen molar-refractivity contribution >= 4 is 11.8 Å². The van der Waals surface area contributed by atoms with E-state index in [1.54, 1.807) is 12.4 Å². The highest BCUT2D eigenvalue weighted by Gasteiger charge is 2.47. The van der Waals surface area contributed by atoms with Crippen LogP contribution in [-0.4, -0.2) is 48.9 Å². The van der Waals surface area contributed by atoms with Gasteiger partial charge in [0.1, 0.15) is 0 Å². The van der Waals surface area contributed by atoms with Gasteiger partial charge in [-0.2, -0.15) is 0 Å². The zero-order valence-corrected chi connectivity index (χ0v) is 13.2. The fourth-order valence-electron chi connectivity index (χ4n) is 2.33. The van der Waals surface area contributed by atoms with Crippen LogP contribution in [0, 0.1) is 11.8 Å². The summed E-state index contributed by atoms with van der Waals surface area (Å²) in [4.78, 5) is 29.9. The minimum Gasteiger partial charge on any atom is -0.356 e. The van der Waals surface area contributed by atoms with Crippen LogP contribution in [0.1, 0.15) is 18.4 Å². The molecule has 0 spiro atoms. The maximum absolute atomic E-state index is 12.0. The van der Waals surface area contributed by atoms with E-state index in [0.29, 0.717) is 19.5 Å². The molecule has 1 saturated carbocycles. The van der Waals surface area contributed by atoms with Gasteiger partial charge in [-0.3, -0.25) is 14.6 Å². The van der Waals surface area contributed by atoms with E-state index < -0.39 is 0 Å². The normalized spacial score (nSPS) is 19.8. The first-order valence-electron chi connectivity index (χ1n) is 7.67. The molecule has 1 aliphatic rings. The van der Waals surface area contributed by atoms with Crippen molar-refractivity contribution < 1.29 is 9.59 Å². The highest BCUT2D eigenvalue weighted by molar-refractivity contribution is 5.92. The summed E-state index contributed by atoms with van der Waals surface area (Å²) in [6, 6.07) is 3.73. The fraction of sp³-hybridized carbons (Fsp3) is 0.562. The van der Waals surface area contributed by atoms with Gasteiger partial charge in [-0.15, -0.1) is 0 Å². The second-order valence-corrected chi connectivity index (χ2v) is 5.97. The molecule has 1 aliphatic carbocycles. The van der Waals surface area contributed by atoms with Crippen LogP contribution in [0.4, 0.5) is 0 Å². The number of aromatic nitrogens is 1. The SMILES string of the molecule is CN(C)CCCNC(=O)C1CC1C(=O)NCc1ccncc1. The van der Waals surface area contributed by atoms with Gasteiger partial charge in [0.05, 0.1) is 11.8 Å². The first kappa shape index (κ1) is 16.4. The predicted molar refractivity (Wildman–Crippen MR) is 83.9 cm³/mol. The van der Waals surface area contributed by atoms with Crippen LogP contribution in [-0.2, 0) is 16.1 Å². The maximum Gasteiger partial charge on any atom is 0.224 e. The first-order valence-corrected chi connectivity index (χ1v) is 7.67. The molecule has 6 nitrogen and oxygen atoms in total. The van der Waals surface area contributed by atoms with Crippen LogP contribution < -0.4 is 10.6 Å². The Hall–Kier alpha value is -1.95. The number of carbonyl (C=O) groups excluding carboxylic acids is 2. The molecule has 2 unspecified atom stereocenters. The van der Waals surface area contributed by atoms with Gasteiger partial charge in [0.25, 0.3) is 0 Å². The molecular formula is C16H24N4O2. The standard InChI is InChI=1S/C16H24N4O2/c1-20(2)9-3-6-18-15(21)13-10-14(13)16(22)19-11-12-4-7-17-8-5-12/h4-5,7-8,13-14H,3,6,9-11H2,1-2H3,(H,18,21)(H,19,22). The zero-order chi connectivity index (χ0) is 15.9. The summed E-state index contributed by atoms with van der Waals surface area (Å²) in [7, 11) is 4.01. The Bertz CT molecular complexity index is 504. The molecule has 0 bridgehead atoms. The Balaban J connectivity index is 1.64. The molecule has 2 atom stereocenters. The number of amides is 2. The van der Waals surface area contributed by atoms with Crippen molar-refractivity contribution in [1.82, 2.24) is 20.5 Å². The Morgan fingerprint density at radius 1 is 1.18 bits per heavy atom. The number of hydrogen-bond donors (Lipinski definition) is 2. The highest BCUT2D eigenvalue weighted by Crippen LogP contribution is 2.38. The monoisotopic (exact) mass is 304 g/mol. The third-order valence-corrected chi connectivity index (χ3v) is 3.76. The summed E-state index contributed by atoms with van der Waals surface area (Å²) in [6.45, 7) is 2.09. The van der Waals surface area contributed by atoms with E-state index >= 15 is 0 Å². The molecule has 1 fully saturated rings. The van der Waals surface area contributed by atoms with E-state index in [0.717, 1.165) is 18.5 Å². The van der Waals surface area contributed by atoms with E-state index in [1.165, 1.54) is 0 Å². The molecule has 22 heavy (non-hydrogen) atoms. The molecule has 2 N–H and O–H groups in total. The van der Waals surface area contributed by atoms with Crippen molar-refractivity contribution in [2.45, 2.75) is 19.4 Å². The van der Waals surface area contributed by atoms with Crippen molar-refractivity contribution in [3.8, 4) is 0 Å². The van der Waals surface area contributed by atoms with Crippen molar-refractivity contribution in [1.29, 1.82) is 0 Å². The lowest BCUT2D eigenvalue weighted by molar-refractivity contribution is -0.127. The molecule has 1 aromatic heterocycles. The van der Waals surface area contributed by atoms with Gasteiger partial charge in [-0.25, -0.2) is 0 Å². The predicted octanol–water partition coefficient (Wildman–Crippen LogP) is 0.402. The van der Waals surface area contributed by atoms with Crippen molar-refractivity contribution in [2.24, 2.45) is 11.8 Å². The second kappa shape index (κ2) is 7.89. The quantitative estimate of drug-likeness (QED) is 0.682. The molecule has 0 saturated heterocycles. The van der Waals surface area contributed by atoms with Crippen LogP contribution in [0.25, 0.3) is 0 Å². The summed E-state index contributed by atoms with van der Waals surface area (Å²) in [5, 5.41) is 5.78. The van der Waals surface area contributed by atoms with Crippen LogP contribution in [0.15, 0.2) is 24.5 Å². The molecule has 0 aromatic carbocycles. The molecule has 6 heteroatoms. The van der Waals surface area contributed by atoms with Gasteiger partial charge < -0.3 is 15.5 Å². The minimum absolute atomic E-state index is 0.00261. The third kappa shape index (κ3) is 5.11. The molecule has 1 heterocycles. The van der Waals surface area contributed by atoms with Crippen molar-refractivity contribution in [2.75, 3.05) is 27.2 Å².